The van der Waals surface area contributed by atoms with Gasteiger partial charge < -0.3 is 15.0 Å². The molecule has 1 saturated heterocycles. The van der Waals surface area contributed by atoms with Crippen LogP contribution in [0.3, 0.4) is 0 Å². The van der Waals surface area contributed by atoms with E-state index in [1.54, 1.807) is 6.92 Å². The third kappa shape index (κ3) is 5.31. The maximum Gasteiger partial charge on any atom is 0.254 e. The van der Waals surface area contributed by atoms with E-state index in [-0.39, 0.29) is 22.8 Å². The zero-order chi connectivity index (χ0) is 24.2. The van der Waals surface area contributed by atoms with Crippen molar-refractivity contribution < 1.29 is 31.5 Å². The number of carbonyl (C=O) groups excluding carboxylic acids is 2. The van der Waals surface area contributed by atoms with E-state index < -0.39 is 45.7 Å². The lowest BCUT2D eigenvalue weighted by Gasteiger charge is -2.22. The first-order valence-corrected chi connectivity index (χ1v) is 11.8. The molecule has 2 amide bonds. The van der Waals surface area contributed by atoms with E-state index in [4.69, 9.17) is 4.74 Å². The molecule has 1 aliphatic heterocycles. The van der Waals surface area contributed by atoms with Gasteiger partial charge in [0, 0.05) is 25.2 Å². The number of benzene rings is 2. The van der Waals surface area contributed by atoms with Crippen LogP contribution in [0.25, 0.3) is 0 Å². The number of halogens is 2. The monoisotopic (exact) mass is 481 g/mol. The molecule has 11 heteroatoms. The molecule has 8 nitrogen and oxygen atoms in total. The van der Waals surface area contributed by atoms with Gasteiger partial charge in [-0.25, -0.2) is 17.2 Å². The van der Waals surface area contributed by atoms with E-state index in [1.807, 2.05) is 0 Å². The molecule has 0 bridgehead atoms. The summed E-state index contributed by atoms with van der Waals surface area (Å²) in [6.07, 6.45) is 1.50. The summed E-state index contributed by atoms with van der Waals surface area (Å²) in [5.74, 6) is -3.18. The predicted molar refractivity (Wildman–Crippen MR) is 118 cm³/mol. The van der Waals surface area contributed by atoms with E-state index in [2.05, 4.69) is 5.32 Å². The summed E-state index contributed by atoms with van der Waals surface area (Å²) < 4.78 is 60.3. The molecule has 0 saturated carbocycles. The van der Waals surface area contributed by atoms with Gasteiger partial charge in [0.15, 0.2) is 0 Å². The molecule has 1 aliphatic rings. The Kier molecular flexibility index (Phi) is 7.65. The lowest BCUT2D eigenvalue weighted by atomic mass is 10.2. The fraction of sp³-hybridized carbons (Fsp3) is 0.364. The number of para-hydroxylation sites is 1. The lowest BCUT2D eigenvalue weighted by molar-refractivity contribution is -0.116. The Hall–Kier alpha value is -3.05. The van der Waals surface area contributed by atoms with Crippen LogP contribution in [0.4, 0.5) is 14.5 Å². The number of ether oxygens (including phenoxy) is 1. The molecule has 1 fully saturated rings. The molecular formula is C22H25F2N3O5S. The number of methoxy groups -OCH3 is 1. The fourth-order valence-corrected chi connectivity index (χ4v) is 5.26. The highest BCUT2D eigenvalue weighted by atomic mass is 32.2. The van der Waals surface area contributed by atoms with Gasteiger partial charge in [-0.05, 0) is 50.1 Å². The first-order chi connectivity index (χ1) is 15.7. The number of carbonyl (C=O) groups is 2. The second-order valence-electron chi connectivity index (χ2n) is 7.44. The van der Waals surface area contributed by atoms with Crippen LogP contribution in [-0.2, 0) is 14.8 Å². The highest BCUT2D eigenvalue weighted by molar-refractivity contribution is 7.89. The second-order valence-corrected chi connectivity index (χ2v) is 9.35. The summed E-state index contributed by atoms with van der Waals surface area (Å²) >= 11 is 0. The third-order valence-electron chi connectivity index (χ3n) is 5.32. The first-order valence-electron chi connectivity index (χ1n) is 10.4. The van der Waals surface area contributed by atoms with Gasteiger partial charge in [-0.15, -0.1) is 0 Å². The molecule has 0 atom stereocenters. The Morgan fingerprint density at radius 2 is 1.76 bits per heavy atom. The molecule has 3 rings (SSSR count). The summed E-state index contributed by atoms with van der Waals surface area (Å²) in [7, 11) is -2.53. The number of rotatable bonds is 8. The van der Waals surface area contributed by atoms with E-state index >= 15 is 0 Å². The minimum atomic E-state index is -3.87. The SMILES string of the molecule is CCN(CC(=O)Nc1c(F)cccc1F)C(=O)c1ccc(OC)c(S(=O)(=O)N2CCCC2)c1. The van der Waals surface area contributed by atoms with Crippen LogP contribution in [0, 0.1) is 11.6 Å². The topological polar surface area (TPSA) is 96.0 Å². The quantitative estimate of drug-likeness (QED) is 0.626. The number of nitrogens with one attached hydrogen (secondary N) is 1. The van der Waals surface area contributed by atoms with Gasteiger partial charge >= 0.3 is 0 Å². The summed E-state index contributed by atoms with van der Waals surface area (Å²) in [5.41, 5.74) is -0.560. The molecule has 0 spiro atoms. The van der Waals surface area contributed by atoms with Gasteiger partial charge in [0.1, 0.15) is 34.5 Å². The van der Waals surface area contributed by atoms with E-state index in [1.165, 1.54) is 35.7 Å². The van der Waals surface area contributed by atoms with Gasteiger partial charge in [-0.3, -0.25) is 9.59 Å². The number of hydrogen-bond donors (Lipinski definition) is 1. The normalized spacial score (nSPS) is 14.2. The Balaban J connectivity index is 1.83. The predicted octanol–water partition coefficient (Wildman–Crippen LogP) is 2.86. The molecule has 1 N–H and O–H groups in total. The maximum absolute atomic E-state index is 13.8. The van der Waals surface area contributed by atoms with Crippen molar-refractivity contribution >= 4 is 27.5 Å². The number of nitrogens with zero attached hydrogens (tertiary/aromatic N) is 2. The molecule has 0 unspecified atom stereocenters. The van der Waals surface area contributed by atoms with Crippen molar-refractivity contribution in [2.75, 3.05) is 38.6 Å². The molecular weight excluding hydrogens is 456 g/mol. The van der Waals surface area contributed by atoms with Gasteiger partial charge in [-0.1, -0.05) is 6.07 Å². The Morgan fingerprint density at radius 3 is 2.33 bits per heavy atom. The van der Waals surface area contributed by atoms with Gasteiger partial charge in [0.05, 0.1) is 7.11 Å². The van der Waals surface area contributed by atoms with Gasteiger partial charge in [0.2, 0.25) is 15.9 Å². The molecule has 2 aromatic rings. The highest BCUT2D eigenvalue weighted by Crippen LogP contribution is 2.30. The van der Waals surface area contributed by atoms with Crippen molar-refractivity contribution in [3.8, 4) is 5.75 Å². The van der Waals surface area contributed by atoms with Gasteiger partial charge in [0.25, 0.3) is 5.91 Å². The highest BCUT2D eigenvalue weighted by Gasteiger charge is 2.31. The van der Waals surface area contributed by atoms with Crippen LogP contribution >= 0.6 is 0 Å². The fourth-order valence-electron chi connectivity index (χ4n) is 3.56. The van der Waals surface area contributed by atoms with Crippen LogP contribution in [0.15, 0.2) is 41.3 Å². The van der Waals surface area contributed by atoms with Crippen LogP contribution in [0.2, 0.25) is 0 Å². The van der Waals surface area contributed by atoms with E-state index in [0.717, 1.165) is 29.9 Å². The minimum absolute atomic E-state index is 0.0419. The molecule has 0 radical (unpaired) electrons. The standard InChI is InChI=1S/C22H25F2N3O5S/c1-3-26(14-20(28)25-21-16(23)7-6-8-17(21)24)22(29)15-9-10-18(32-2)19(13-15)33(30,31)27-11-4-5-12-27/h6-10,13H,3-5,11-12,14H2,1-2H3,(H,25,28). The van der Waals surface area contributed by atoms with E-state index in [9.17, 15) is 26.8 Å². The molecule has 2 aromatic carbocycles. The van der Waals surface area contributed by atoms with Crippen LogP contribution < -0.4 is 10.1 Å². The summed E-state index contributed by atoms with van der Waals surface area (Å²) in [5, 5.41) is 2.14. The minimum Gasteiger partial charge on any atom is -0.495 e. The average Bonchev–Trinajstić information content (AvgIpc) is 3.35. The van der Waals surface area contributed by atoms with Crippen LogP contribution in [-0.4, -0.2) is 62.7 Å². The van der Waals surface area contributed by atoms with E-state index in [0.29, 0.717) is 13.1 Å². The molecule has 0 aromatic heterocycles. The van der Waals surface area contributed by atoms with Crippen LogP contribution in [0.5, 0.6) is 5.75 Å². The average molecular weight is 482 g/mol. The number of anilines is 1. The largest absolute Gasteiger partial charge is 0.495 e. The molecule has 0 aliphatic carbocycles. The van der Waals surface area contributed by atoms with Crippen molar-refractivity contribution in [1.82, 2.24) is 9.21 Å². The van der Waals surface area contributed by atoms with Crippen molar-refractivity contribution in [3.05, 3.63) is 53.6 Å². The molecule has 178 valence electrons. The lowest BCUT2D eigenvalue weighted by Crippen LogP contribution is -2.38. The number of sulfonamides is 1. The Morgan fingerprint density at radius 1 is 1.12 bits per heavy atom. The maximum atomic E-state index is 13.8. The zero-order valence-electron chi connectivity index (χ0n) is 18.3. The van der Waals surface area contributed by atoms with Crippen molar-refractivity contribution in [1.29, 1.82) is 0 Å². The number of amides is 2. The van der Waals surface area contributed by atoms with Gasteiger partial charge in [-0.2, -0.15) is 4.31 Å². The van der Waals surface area contributed by atoms with Crippen molar-refractivity contribution in [2.24, 2.45) is 0 Å². The zero-order valence-corrected chi connectivity index (χ0v) is 19.1. The molecule has 1 heterocycles. The first kappa shape index (κ1) is 24.6. The summed E-state index contributed by atoms with van der Waals surface area (Å²) in [4.78, 5) is 26.4. The third-order valence-corrected chi connectivity index (χ3v) is 7.24. The van der Waals surface area contributed by atoms with Crippen molar-refractivity contribution in [3.63, 3.8) is 0 Å². The number of hydrogen-bond acceptors (Lipinski definition) is 5. The Labute approximate surface area is 191 Å². The summed E-state index contributed by atoms with van der Waals surface area (Å²) in [6, 6.07) is 7.19. The van der Waals surface area contributed by atoms with Crippen LogP contribution in [0.1, 0.15) is 30.1 Å². The number of likely N-dealkylation sites (N-methyl/N-ethyl adjacent to an activating group) is 1. The Bertz CT molecular complexity index is 1130. The molecule has 33 heavy (non-hydrogen) atoms. The summed E-state index contributed by atoms with van der Waals surface area (Å²) in [6.45, 7) is 2.02. The smallest absolute Gasteiger partial charge is 0.254 e. The second kappa shape index (κ2) is 10.3. The van der Waals surface area contributed by atoms with Crippen molar-refractivity contribution in [2.45, 2.75) is 24.7 Å².